The lowest BCUT2D eigenvalue weighted by atomic mass is 9.84. The van der Waals surface area contributed by atoms with E-state index in [2.05, 4.69) is 9.88 Å². The first-order valence-electron chi connectivity index (χ1n) is 12.6. The lowest BCUT2D eigenvalue weighted by Crippen LogP contribution is -2.43. The molecule has 1 aromatic heterocycles. The number of methoxy groups -OCH3 is 1. The molecule has 1 fully saturated rings. The molecule has 5 rings (SSSR count). The highest BCUT2D eigenvalue weighted by atomic mass is 32.2. The van der Waals surface area contributed by atoms with Crippen molar-refractivity contribution in [2.24, 2.45) is 0 Å². The molecule has 7 heteroatoms. The lowest BCUT2D eigenvalue weighted by Gasteiger charge is -2.40. The summed E-state index contributed by atoms with van der Waals surface area (Å²) < 4.78 is 33.1. The van der Waals surface area contributed by atoms with Crippen LogP contribution in [0.2, 0.25) is 0 Å². The number of aliphatic hydroxyl groups is 1. The van der Waals surface area contributed by atoms with Gasteiger partial charge in [-0.3, -0.25) is 4.98 Å². The van der Waals surface area contributed by atoms with E-state index in [1.54, 1.807) is 19.2 Å². The summed E-state index contributed by atoms with van der Waals surface area (Å²) >= 11 is 0. The number of ether oxygens (including phenoxy) is 1. The number of aromatic nitrogens is 1. The normalized spacial score (nSPS) is 15.6. The van der Waals surface area contributed by atoms with Crippen molar-refractivity contribution >= 4 is 26.4 Å². The summed E-state index contributed by atoms with van der Waals surface area (Å²) in [6.45, 7) is 5.05. The molecule has 3 aromatic carbocycles. The van der Waals surface area contributed by atoms with Crippen molar-refractivity contribution in [2.75, 3.05) is 25.1 Å². The largest absolute Gasteiger partial charge is 0.497 e. The topological polar surface area (TPSA) is 79.7 Å². The highest BCUT2D eigenvalue weighted by Gasteiger charge is 2.36. The molecule has 1 aliphatic rings. The molecule has 0 atom stereocenters. The maximum absolute atomic E-state index is 13.9. The Balaban J connectivity index is 1.56. The van der Waals surface area contributed by atoms with Crippen LogP contribution in [0.4, 0.5) is 5.69 Å². The monoisotopic (exact) mass is 516 g/mol. The van der Waals surface area contributed by atoms with Crippen LogP contribution in [0.1, 0.15) is 36.5 Å². The van der Waals surface area contributed by atoms with Crippen molar-refractivity contribution < 1.29 is 18.3 Å². The average Bonchev–Trinajstić information content (AvgIpc) is 2.93. The van der Waals surface area contributed by atoms with Gasteiger partial charge < -0.3 is 14.7 Å². The van der Waals surface area contributed by atoms with Crippen LogP contribution >= 0.6 is 0 Å². The van der Waals surface area contributed by atoms with Crippen LogP contribution in [0.3, 0.4) is 0 Å². The molecule has 192 valence electrons. The Kier molecular flexibility index (Phi) is 6.68. The second kappa shape index (κ2) is 9.80. The summed E-state index contributed by atoms with van der Waals surface area (Å²) in [6, 6.07) is 20.5. The molecule has 2 heterocycles. The number of aryl methyl sites for hydroxylation is 2. The number of fused-ring (bicyclic) bond motifs is 1. The average molecular weight is 517 g/mol. The van der Waals surface area contributed by atoms with Gasteiger partial charge in [-0.25, -0.2) is 8.42 Å². The second-order valence-corrected chi connectivity index (χ2v) is 11.7. The highest BCUT2D eigenvalue weighted by molar-refractivity contribution is 7.91. The van der Waals surface area contributed by atoms with E-state index in [0.29, 0.717) is 31.6 Å². The number of benzene rings is 3. The molecule has 0 spiro atoms. The molecule has 0 aliphatic carbocycles. The van der Waals surface area contributed by atoms with Gasteiger partial charge in [-0.15, -0.1) is 0 Å². The molecule has 1 aliphatic heterocycles. The summed E-state index contributed by atoms with van der Waals surface area (Å²) in [4.78, 5) is 7.08. The third-order valence-corrected chi connectivity index (χ3v) is 9.20. The maximum atomic E-state index is 13.9. The third kappa shape index (κ3) is 4.69. The molecule has 0 amide bonds. The van der Waals surface area contributed by atoms with Crippen LogP contribution in [0.25, 0.3) is 10.9 Å². The molecule has 0 unspecified atom stereocenters. The molecule has 4 aromatic rings. The Morgan fingerprint density at radius 1 is 1.00 bits per heavy atom. The standard InChI is InChI=1S/C30H32N2O4S/c1-4-22-6-12-25(13-7-22)37(34,35)28-20-31-27-14-5-21(2)19-26(27)29(28)32-17-15-30(33,16-18-32)23-8-10-24(36-3)11-9-23/h5-14,19-20,33H,4,15-18H2,1-3H3. The van der Waals surface area contributed by atoms with Gasteiger partial charge in [0.2, 0.25) is 9.84 Å². The highest BCUT2D eigenvalue weighted by Crippen LogP contribution is 2.41. The molecule has 1 N–H and O–H groups in total. The van der Waals surface area contributed by atoms with Crippen LogP contribution in [0.15, 0.2) is 82.7 Å². The summed E-state index contributed by atoms with van der Waals surface area (Å²) in [5.41, 5.74) is 3.37. The van der Waals surface area contributed by atoms with E-state index in [4.69, 9.17) is 4.74 Å². The SMILES string of the molecule is CCc1ccc(S(=O)(=O)c2cnc3ccc(C)cc3c2N2CCC(O)(c3ccc(OC)cc3)CC2)cc1. The first-order valence-corrected chi connectivity index (χ1v) is 14.1. The Hall–Kier alpha value is -3.42. The summed E-state index contributed by atoms with van der Waals surface area (Å²) in [7, 11) is -2.20. The van der Waals surface area contributed by atoms with E-state index < -0.39 is 15.4 Å². The van der Waals surface area contributed by atoms with Gasteiger partial charge in [-0.05, 0) is 73.7 Å². The van der Waals surface area contributed by atoms with Crippen LogP contribution in [0.5, 0.6) is 5.75 Å². The molecule has 0 saturated carbocycles. The van der Waals surface area contributed by atoms with Gasteiger partial charge in [0, 0.05) is 24.7 Å². The van der Waals surface area contributed by atoms with Crippen molar-refractivity contribution in [2.45, 2.75) is 48.5 Å². The van der Waals surface area contributed by atoms with Crippen LogP contribution < -0.4 is 9.64 Å². The quantitative estimate of drug-likeness (QED) is 0.368. The minimum atomic E-state index is -3.82. The van der Waals surface area contributed by atoms with Gasteiger partial charge in [0.05, 0.1) is 28.8 Å². The first-order chi connectivity index (χ1) is 17.7. The number of hydrogen-bond donors (Lipinski definition) is 1. The van der Waals surface area contributed by atoms with Crippen molar-refractivity contribution in [3.63, 3.8) is 0 Å². The fourth-order valence-electron chi connectivity index (χ4n) is 5.12. The number of pyridine rings is 1. The zero-order valence-corrected chi connectivity index (χ0v) is 22.3. The van der Waals surface area contributed by atoms with Gasteiger partial charge in [-0.2, -0.15) is 0 Å². The fraction of sp³-hybridized carbons (Fsp3) is 0.300. The van der Waals surface area contributed by atoms with Gasteiger partial charge in [-0.1, -0.05) is 42.8 Å². The number of sulfone groups is 1. The van der Waals surface area contributed by atoms with E-state index in [1.165, 1.54) is 6.20 Å². The lowest BCUT2D eigenvalue weighted by molar-refractivity contribution is 0.0117. The van der Waals surface area contributed by atoms with Gasteiger partial charge in [0.15, 0.2) is 0 Å². The number of piperidine rings is 1. The minimum Gasteiger partial charge on any atom is -0.497 e. The van der Waals surface area contributed by atoms with Crippen LogP contribution in [-0.4, -0.2) is 38.7 Å². The Morgan fingerprint density at radius 3 is 2.30 bits per heavy atom. The van der Waals surface area contributed by atoms with E-state index in [0.717, 1.165) is 39.8 Å². The van der Waals surface area contributed by atoms with E-state index >= 15 is 0 Å². The zero-order chi connectivity index (χ0) is 26.2. The fourth-order valence-corrected chi connectivity index (χ4v) is 6.55. The Labute approximate surface area is 218 Å². The molecular weight excluding hydrogens is 484 g/mol. The summed E-state index contributed by atoms with van der Waals surface area (Å²) in [5, 5.41) is 12.3. The molecular formula is C30H32N2O4S. The predicted molar refractivity (Wildman–Crippen MR) is 146 cm³/mol. The van der Waals surface area contributed by atoms with Gasteiger partial charge in [0.1, 0.15) is 10.6 Å². The summed E-state index contributed by atoms with van der Waals surface area (Å²) in [6.07, 6.45) is 3.27. The predicted octanol–water partition coefficient (Wildman–Crippen LogP) is 5.44. The molecule has 1 saturated heterocycles. The Morgan fingerprint density at radius 2 is 1.68 bits per heavy atom. The number of anilines is 1. The van der Waals surface area contributed by atoms with Crippen molar-refractivity contribution in [3.05, 3.63) is 89.6 Å². The van der Waals surface area contributed by atoms with Crippen LogP contribution in [-0.2, 0) is 21.9 Å². The van der Waals surface area contributed by atoms with Gasteiger partial charge in [0.25, 0.3) is 0 Å². The second-order valence-electron chi connectivity index (χ2n) is 9.74. The van der Waals surface area contributed by atoms with E-state index in [-0.39, 0.29) is 9.79 Å². The van der Waals surface area contributed by atoms with E-state index in [9.17, 15) is 13.5 Å². The van der Waals surface area contributed by atoms with Crippen molar-refractivity contribution in [3.8, 4) is 5.75 Å². The minimum absolute atomic E-state index is 0.199. The summed E-state index contributed by atoms with van der Waals surface area (Å²) in [5.74, 6) is 0.741. The number of nitrogens with zero attached hydrogens (tertiary/aromatic N) is 2. The van der Waals surface area contributed by atoms with Crippen molar-refractivity contribution in [1.29, 1.82) is 0 Å². The Bertz CT molecular complexity index is 1520. The van der Waals surface area contributed by atoms with E-state index in [1.807, 2.05) is 68.4 Å². The zero-order valence-electron chi connectivity index (χ0n) is 21.4. The first kappa shape index (κ1) is 25.2. The number of hydrogen-bond acceptors (Lipinski definition) is 6. The van der Waals surface area contributed by atoms with Crippen molar-refractivity contribution in [1.82, 2.24) is 4.98 Å². The smallest absolute Gasteiger partial charge is 0.210 e. The maximum Gasteiger partial charge on any atom is 0.210 e. The molecule has 6 nitrogen and oxygen atoms in total. The molecule has 0 bridgehead atoms. The number of rotatable bonds is 6. The molecule has 37 heavy (non-hydrogen) atoms. The molecule has 0 radical (unpaired) electrons. The third-order valence-electron chi connectivity index (χ3n) is 7.43. The van der Waals surface area contributed by atoms with Gasteiger partial charge >= 0.3 is 0 Å². The van der Waals surface area contributed by atoms with Crippen LogP contribution in [0, 0.1) is 6.92 Å².